The molecule has 0 fully saturated rings. The zero-order chi connectivity index (χ0) is 12.3. The zero-order valence-corrected chi connectivity index (χ0v) is 13.8. The lowest BCUT2D eigenvalue weighted by atomic mass is 10.2. The van der Waals surface area contributed by atoms with E-state index < -0.39 is 10.0 Å². The molecule has 0 aromatic heterocycles. The van der Waals surface area contributed by atoms with E-state index >= 15 is 0 Å². The van der Waals surface area contributed by atoms with Gasteiger partial charge in [0.15, 0.2) is 0 Å². The lowest BCUT2D eigenvalue weighted by molar-refractivity contribution is 0.581. The molecule has 0 saturated heterocycles. The van der Waals surface area contributed by atoms with Gasteiger partial charge in [-0.2, -0.15) is 0 Å². The number of rotatable bonds is 4. The first kappa shape index (κ1) is 17.3. The quantitative estimate of drug-likeness (QED) is 0.802. The second-order valence-electron chi connectivity index (χ2n) is 3.22. The highest BCUT2D eigenvalue weighted by atomic mass is 79.9. The van der Waals surface area contributed by atoms with Gasteiger partial charge in [0.25, 0.3) is 0 Å². The molecule has 0 radical (unpaired) electrons. The topological polar surface area (TPSA) is 72.2 Å². The van der Waals surface area contributed by atoms with Gasteiger partial charge in [0.2, 0.25) is 10.0 Å². The van der Waals surface area contributed by atoms with Crippen LogP contribution in [0.2, 0.25) is 0 Å². The maximum absolute atomic E-state index is 11.9. The third-order valence-corrected chi connectivity index (χ3v) is 5.21. The Balaban J connectivity index is 0.00000256. The number of nitrogens with one attached hydrogen (secondary N) is 1. The first-order valence-electron chi connectivity index (χ1n) is 4.54. The number of aryl methyl sites for hydroxylation is 1. The predicted molar refractivity (Wildman–Crippen MR) is 78.1 cm³/mol. The number of benzene rings is 1. The zero-order valence-electron chi connectivity index (χ0n) is 9.04. The standard InChI is InChI=1S/C9H12Br2N2O2S.ClH/c1-6-4-8(11)9(5-7(6)10)16(14,15)13-3-2-12;/h4-5,13H,2-3,12H2,1H3;1H. The van der Waals surface area contributed by atoms with E-state index in [0.29, 0.717) is 4.47 Å². The Labute approximate surface area is 124 Å². The van der Waals surface area contributed by atoms with E-state index in [0.717, 1.165) is 10.0 Å². The molecule has 0 bridgehead atoms. The van der Waals surface area contributed by atoms with Crippen molar-refractivity contribution in [3.8, 4) is 0 Å². The van der Waals surface area contributed by atoms with E-state index in [9.17, 15) is 8.42 Å². The fourth-order valence-electron chi connectivity index (χ4n) is 1.11. The Morgan fingerprint density at radius 1 is 1.29 bits per heavy atom. The van der Waals surface area contributed by atoms with Gasteiger partial charge in [-0.25, -0.2) is 13.1 Å². The van der Waals surface area contributed by atoms with Crippen LogP contribution >= 0.6 is 44.3 Å². The van der Waals surface area contributed by atoms with E-state index in [2.05, 4.69) is 36.6 Å². The Morgan fingerprint density at radius 2 is 1.88 bits per heavy atom. The van der Waals surface area contributed by atoms with Gasteiger partial charge in [0.05, 0.1) is 4.90 Å². The predicted octanol–water partition coefficient (Wildman–Crippen LogP) is 2.18. The summed E-state index contributed by atoms with van der Waals surface area (Å²) in [6.07, 6.45) is 0. The summed E-state index contributed by atoms with van der Waals surface area (Å²) in [5.74, 6) is 0. The summed E-state index contributed by atoms with van der Waals surface area (Å²) in [7, 11) is -3.50. The molecule has 0 aliphatic carbocycles. The normalized spacial score (nSPS) is 11.1. The number of sulfonamides is 1. The minimum atomic E-state index is -3.50. The van der Waals surface area contributed by atoms with E-state index in [-0.39, 0.29) is 30.4 Å². The van der Waals surface area contributed by atoms with Gasteiger partial charge in [-0.05, 0) is 40.5 Å². The van der Waals surface area contributed by atoms with Crippen LogP contribution in [-0.2, 0) is 10.0 Å². The van der Waals surface area contributed by atoms with Gasteiger partial charge in [0, 0.05) is 22.0 Å². The Kier molecular flexibility index (Phi) is 7.20. The van der Waals surface area contributed by atoms with Gasteiger partial charge in [-0.1, -0.05) is 15.9 Å². The molecule has 8 heteroatoms. The maximum atomic E-state index is 11.9. The highest BCUT2D eigenvalue weighted by Gasteiger charge is 2.18. The molecular weight excluding hydrogens is 395 g/mol. The average Bonchev–Trinajstić information content (AvgIpc) is 2.20. The average molecular weight is 409 g/mol. The van der Waals surface area contributed by atoms with Crippen LogP contribution in [0.5, 0.6) is 0 Å². The summed E-state index contributed by atoms with van der Waals surface area (Å²) < 4.78 is 27.4. The summed E-state index contributed by atoms with van der Waals surface area (Å²) in [6.45, 7) is 2.38. The van der Waals surface area contributed by atoms with E-state index in [1.807, 2.05) is 6.92 Å². The third-order valence-electron chi connectivity index (χ3n) is 1.94. The smallest absolute Gasteiger partial charge is 0.241 e. The molecule has 17 heavy (non-hydrogen) atoms. The fraction of sp³-hybridized carbons (Fsp3) is 0.333. The number of hydrogen-bond acceptors (Lipinski definition) is 3. The van der Waals surface area contributed by atoms with Crippen LogP contribution in [0.25, 0.3) is 0 Å². The maximum Gasteiger partial charge on any atom is 0.241 e. The molecule has 1 rings (SSSR count). The molecule has 1 aromatic rings. The lowest BCUT2D eigenvalue weighted by Gasteiger charge is -2.09. The molecule has 1 aromatic carbocycles. The largest absolute Gasteiger partial charge is 0.329 e. The minimum Gasteiger partial charge on any atom is -0.329 e. The highest BCUT2D eigenvalue weighted by molar-refractivity contribution is 9.11. The van der Waals surface area contributed by atoms with Gasteiger partial charge in [0.1, 0.15) is 0 Å². The summed E-state index contributed by atoms with van der Waals surface area (Å²) in [5, 5.41) is 0. The van der Waals surface area contributed by atoms with Crippen molar-refractivity contribution in [1.29, 1.82) is 0 Å². The number of halogens is 3. The van der Waals surface area contributed by atoms with Crippen molar-refractivity contribution in [2.75, 3.05) is 13.1 Å². The molecule has 0 spiro atoms. The number of hydrogen-bond donors (Lipinski definition) is 2. The monoisotopic (exact) mass is 406 g/mol. The molecule has 0 amide bonds. The fourth-order valence-corrected chi connectivity index (χ4v) is 3.83. The molecule has 0 atom stereocenters. The van der Waals surface area contributed by atoms with Crippen molar-refractivity contribution in [1.82, 2.24) is 4.72 Å². The first-order valence-corrected chi connectivity index (χ1v) is 7.61. The molecule has 98 valence electrons. The molecule has 0 heterocycles. The van der Waals surface area contributed by atoms with Crippen molar-refractivity contribution >= 4 is 54.3 Å². The van der Waals surface area contributed by atoms with Crippen molar-refractivity contribution in [3.63, 3.8) is 0 Å². The van der Waals surface area contributed by atoms with E-state index in [1.54, 1.807) is 12.1 Å². The molecule has 0 unspecified atom stereocenters. The minimum absolute atomic E-state index is 0. The van der Waals surface area contributed by atoms with Crippen LogP contribution in [0.3, 0.4) is 0 Å². The van der Waals surface area contributed by atoms with Gasteiger partial charge >= 0.3 is 0 Å². The summed E-state index contributed by atoms with van der Waals surface area (Å²) >= 11 is 6.54. The Morgan fingerprint density at radius 3 is 2.41 bits per heavy atom. The molecule has 4 nitrogen and oxygen atoms in total. The van der Waals surface area contributed by atoms with Crippen molar-refractivity contribution in [3.05, 3.63) is 26.6 Å². The van der Waals surface area contributed by atoms with Crippen LogP contribution in [-0.4, -0.2) is 21.5 Å². The molecule has 3 N–H and O–H groups in total. The van der Waals surface area contributed by atoms with Crippen LogP contribution < -0.4 is 10.5 Å². The first-order chi connectivity index (χ1) is 7.38. The Hall–Kier alpha value is 0.340. The van der Waals surface area contributed by atoms with Gasteiger partial charge in [-0.15, -0.1) is 12.4 Å². The molecule has 0 saturated carbocycles. The molecule has 0 aliphatic heterocycles. The van der Waals surface area contributed by atoms with Crippen molar-refractivity contribution < 1.29 is 8.42 Å². The molecular formula is C9H13Br2ClN2O2S. The summed E-state index contributed by atoms with van der Waals surface area (Å²) in [6, 6.07) is 3.32. The SMILES string of the molecule is Cc1cc(Br)c(S(=O)(=O)NCCN)cc1Br.Cl. The second kappa shape index (κ2) is 7.06. The number of nitrogens with two attached hydrogens (primary N) is 1. The van der Waals surface area contributed by atoms with Gasteiger partial charge in [-0.3, -0.25) is 0 Å². The van der Waals surface area contributed by atoms with E-state index in [4.69, 9.17) is 5.73 Å². The molecule has 0 aliphatic rings. The summed E-state index contributed by atoms with van der Waals surface area (Å²) in [4.78, 5) is 0.207. The van der Waals surface area contributed by atoms with Crippen LogP contribution in [0.4, 0.5) is 0 Å². The van der Waals surface area contributed by atoms with Crippen molar-refractivity contribution in [2.45, 2.75) is 11.8 Å². The van der Waals surface area contributed by atoms with Crippen LogP contribution in [0.1, 0.15) is 5.56 Å². The van der Waals surface area contributed by atoms with E-state index in [1.165, 1.54) is 0 Å². The van der Waals surface area contributed by atoms with Gasteiger partial charge < -0.3 is 5.73 Å². The van der Waals surface area contributed by atoms with Crippen LogP contribution in [0.15, 0.2) is 26.0 Å². The Bertz CT molecular complexity index is 494. The third kappa shape index (κ3) is 4.50. The highest BCUT2D eigenvalue weighted by Crippen LogP contribution is 2.28. The summed E-state index contributed by atoms with van der Waals surface area (Å²) in [5.41, 5.74) is 6.22. The second-order valence-corrected chi connectivity index (χ2v) is 6.66. The van der Waals surface area contributed by atoms with Crippen LogP contribution in [0, 0.1) is 6.92 Å². The van der Waals surface area contributed by atoms with Crippen molar-refractivity contribution in [2.24, 2.45) is 5.73 Å². The lowest BCUT2D eigenvalue weighted by Crippen LogP contribution is -2.29.